The van der Waals surface area contributed by atoms with Crippen LogP contribution in [0.1, 0.15) is 0 Å². The normalized spacial score (nSPS) is 9.14. The van der Waals surface area contributed by atoms with Gasteiger partial charge in [0, 0.05) is 35.5 Å². The summed E-state index contributed by atoms with van der Waals surface area (Å²) in [5.74, 6) is 0. The van der Waals surface area contributed by atoms with Gasteiger partial charge in [-0.25, -0.2) is 0 Å². The van der Waals surface area contributed by atoms with E-state index in [9.17, 15) is 0 Å². The minimum absolute atomic E-state index is 0.0694. The molecule has 0 heterocycles. The number of hydrogen-bond donors (Lipinski definition) is 5. The van der Waals surface area contributed by atoms with Gasteiger partial charge < -0.3 is 44.5 Å². The molecule has 0 spiro atoms. The van der Waals surface area contributed by atoms with E-state index in [-0.39, 0.29) is 19.3 Å². The highest BCUT2D eigenvalue weighted by molar-refractivity contribution is 4.51. The lowest BCUT2D eigenvalue weighted by Crippen LogP contribution is -2.22. The highest BCUT2D eigenvalue weighted by Gasteiger charge is 2.03. The molecule has 0 aliphatic heterocycles. The lowest BCUT2D eigenvalue weighted by atomic mass is 10.4. The molecule has 21 heavy (non-hydrogen) atoms. The molecular formula is C12H32O9. The van der Waals surface area contributed by atoms with Crippen molar-refractivity contribution >= 4 is 0 Å². The fourth-order valence-electron chi connectivity index (χ4n) is 0.614. The van der Waals surface area contributed by atoms with Crippen LogP contribution < -0.4 is 0 Å². The Bertz CT molecular complexity index is 126. The van der Waals surface area contributed by atoms with E-state index >= 15 is 0 Å². The van der Waals surface area contributed by atoms with Gasteiger partial charge in [-0.05, 0) is 0 Å². The van der Waals surface area contributed by atoms with Gasteiger partial charge in [0.15, 0.2) is 0 Å². The molecule has 0 saturated carbocycles. The first-order valence-electron chi connectivity index (χ1n) is 6.01. The fourth-order valence-corrected chi connectivity index (χ4v) is 0.614. The molecule has 0 amide bonds. The number of hydrogen-bond acceptors (Lipinski definition) is 9. The zero-order chi connectivity index (χ0) is 17.5. The Labute approximate surface area is 126 Å². The summed E-state index contributed by atoms with van der Waals surface area (Å²) in [5, 5.41) is 38.3. The highest BCUT2D eigenvalue weighted by atomic mass is 16.5. The van der Waals surface area contributed by atoms with Crippen LogP contribution in [0.4, 0.5) is 0 Å². The first-order chi connectivity index (χ1) is 9.98. The molecule has 0 aliphatic carbocycles. The molecule has 0 bridgehead atoms. The van der Waals surface area contributed by atoms with Gasteiger partial charge in [0.2, 0.25) is 0 Å². The highest BCUT2D eigenvalue weighted by Crippen LogP contribution is 1.89. The predicted molar refractivity (Wildman–Crippen MR) is 77.0 cm³/mol. The average molecular weight is 320 g/mol. The van der Waals surface area contributed by atoms with E-state index in [2.05, 4.69) is 4.74 Å². The second kappa shape index (κ2) is 31.8. The quantitative estimate of drug-likeness (QED) is 0.331. The van der Waals surface area contributed by atoms with Gasteiger partial charge in [-0.3, -0.25) is 0 Å². The standard InChI is InChI=1S/C6H14O3.C3H8O3.C2H6O.CH4O2/c1-7-4-6(9-3)5-8-2;4-1-3(6)2-5;1-3-2;2-1-3/h6H,4-5H2,1-3H3;3-6H,1-2H2;1-2H3;2-3H,1H2. The van der Waals surface area contributed by atoms with Crippen LogP contribution in [-0.4, -0.2) is 107 Å². The third-order valence-corrected chi connectivity index (χ3v) is 1.46. The second-order valence-electron chi connectivity index (χ2n) is 3.34. The summed E-state index contributed by atoms with van der Waals surface area (Å²) in [6, 6.07) is 0. The Kier molecular flexibility index (Phi) is 43.6. The summed E-state index contributed by atoms with van der Waals surface area (Å²) in [5.41, 5.74) is 0. The molecule has 0 fully saturated rings. The lowest BCUT2D eigenvalue weighted by Gasteiger charge is -2.11. The number of methoxy groups -OCH3 is 4. The second-order valence-corrected chi connectivity index (χ2v) is 3.34. The maximum atomic E-state index is 8.17. The topological polar surface area (TPSA) is 138 Å². The van der Waals surface area contributed by atoms with Crippen LogP contribution in [0, 0.1) is 0 Å². The maximum absolute atomic E-state index is 8.17. The van der Waals surface area contributed by atoms with Crippen molar-refractivity contribution in [3.05, 3.63) is 0 Å². The first-order valence-corrected chi connectivity index (χ1v) is 6.01. The van der Waals surface area contributed by atoms with Gasteiger partial charge in [0.05, 0.1) is 26.4 Å². The number of aliphatic hydroxyl groups excluding tert-OH is 4. The van der Waals surface area contributed by atoms with E-state index in [1.807, 2.05) is 0 Å². The van der Waals surface area contributed by atoms with Gasteiger partial charge in [-0.1, -0.05) is 0 Å². The van der Waals surface area contributed by atoms with Crippen molar-refractivity contribution in [2.75, 3.05) is 68.8 Å². The van der Waals surface area contributed by atoms with Gasteiger partial charge in [0.25, 0.3) is 0 Å². The van der Waals surface area contributed by atoms with Gasteiger partial charge in [0.1, 0.15) is 19.0 Å². The Morgan fingerprint density at radius 1 is 0.762 bits per heavy atom. The van der Waals surface area contributed by atoms with Crippen molar-refractivity contribution in [3.8, 4) is 0 Å². The van der Waals surface area contributed by atoms with Crippen LogP contribution in [0.5, 0.6) is 0 Å². The molecule has 0 saturated heterocycles. The SMILES string of the molecule is COC.COCC(COC)OC.OCC(O)CO.OCO. The Morgan fingerprint density at radius 3 is 1.14 bits per heavy atom. The molecule has 5 N–H and O–H groups in total. The number of aliphatic hydroxyl groups is 5. The van der Waals surface area contributed by atoms with E-state index in [0.29, 0.717) is 13.2 Å². The summed E-state index contributed by atoms with van der Waals surface area (Å²) >= 11 is 0. The molecule has 0 radical (unpaired) electrons. The van der Waals surface area contributed by atoms with Crippen LogP contribution >= 0.6 is 0 Å². The van der Waals surface area contributed by atoms with E-state index in [1.54, 1.807) is 35.5 Å². The third-order valence-electron chi connectivity index (χ3n) is 1.46. The van der Waals surface area contributed by atoms with Gasteiger partial charge >= 0.3 is 0 Å². The van der Waals surface area contributed by atoms with Crippen molar-refractivity contribution in [3.63, 3.8) is 0 Å². The van der Waals surface area contributed by atoms with Crippen molar-refractivity contribution < 1.29 is 44.5 Å². The average Bonchev–Trinajstić information content (AvgIpc) is 2.48. The maximum Gasteiger partial charge on any atom is 0.140 e. The zero-order valence-corrected chi connectivity index (χ0v) is 13.6. The molecule has 9 nitrogen and oxygen atoms in total. The van der Waals surface area contributed by atoms with Crippen LogP contribution in [0.15, 0.2) is 0 Å². The molecular weight excluding hydrogens is 288 g/mol. The lowest BCUT2D eigenvalue weighted by molar-refractivity contribution is -0.0178. The number of rotatable bonds is 7. The van der Waals surface area contributed by atoms with Crippen LogP contribution in [0.25, 0.3) is 0 Å². The first kappa shape index (κ1) is 28.8. The van der Waals surface area contributed by atoms with E-state index in [1.165, 1.54) is 0 Å². The molecule has 9 heteroatoms. The Balaban J connectivity index is -0.000000104. The molecule has 0 rings (SSSR count). The van der Waals surface area contributed by atoms with E-state index < -0.39 is 12.9 Å². The molecule has 0 aromatic heterocycles. The minimum atomic E-state index is -0.954. The van der Waals surface area contributed by atoms with Crippen molar-refractivity contribution in [2.45, 2.75) is 12.2 Å². The molecule has 0 aromatic carbocycles. The van der Waals surface area contributed by atoms with Crippen LogP contribution in [0.3, 0.4) is 0 Å². The van der Waals surface area contributed by atoms with Gasteiger partial charge in [-0.2, -0.15) is 0 Å². The Morgan fingerprint density at radius 2 is 1.05 bits per heavy atom. The fraction of sp³-hybridized carbons (Fsp3) is 1.00. The van der Waals surface area contributed by atoms with Crippen molar-refractivity contribution in [1.82, 2.24) is 0 Å². The zero-order valence-electron chi connectivity index (χ0n) is 13.6. The molecule has 0 unspecified atom stereocenters. The minimum Gasteiger partial charge on any atom is -0.394 e. The predicted octanol–water partition coefficient (Wildman–Crippen LogP) is -2.18. The molecule has 0 atom stereocenters. The summed E-state index contributed by atoms with van der Waals surface area (Å²) in [4.78, 5) is 0. The number of ether oxygens (including phenoxy) is 4. The summed E-state index contributed by atoms with van der Waals surface area (Å²) in [6.45, 7) is -0.304. The molecule has 0 aromatic rings. The summed E-state index contributed by atoms with van der Waals surface area (Å²) in [7, 11) is 8.17. The van der Waals surface area contributed by atoms with Crippen LogP contribution in [-0.2, 0) is 18.9 Å². The van der Waals surface area contributed by atoms with Crippen LogP contribution in [0.2, 0.25) is 0 Å². The monoisotopic (exact) mass is 320 g/mol. The van der Waals surface area contributed by atoms with Crippen molar-refractivity contribution in [1.29, 1.82) is 0 Å². The largest absolute Gasteiger partial charge is 0.394 e. The van der Waals surface area contributed by atoms with Crippen molar-refractivity contribution in [2.24, 2.45) is 0 Å². The van der Waals surface area contributed by atoms with E-state index in [0.717, 1.165) is 0 Å². The third kappa shape index (κ3) is 45.1. The van der Waals surface area contributed by atoms with Gasteiger partial charge in [-0.15, -0.1) is 0 Å². The summed E-state index contributed by atoms with van der Waals surface area (Å²) < 4.78 is 18.9. The smallest absolute Gasteiger partial charge is 0.140 e. The molecule has 0 aliphatic rings. The molecule has 134 valence electrons. The Hall–Kier alpha value is -0.360. The summed E-state index contributed by atoms with van der Waals surface area (Å²) in [6.07, 6.45) is -0.884. The van der Waals surface area contributed by atoms with E-state index in [4.69, 9.17) is 39.7 Å².